The molecule has 2 rings (SSSR count). The van der Waals surface area contributed by atoms with Crippen molar-refractivity contribution in [1.29, 1.82) is 0 Å². The largest absolute Gasteiger partial charge is 0.452 e. The maximum atomic E-state index is 12.4. The Bertz CT molecular complexity index is 591. The molecule has 120 valence electrons. The second-order valence-corrected chi connectivity index (χ2v) is 8.52. The first-order valence-corrected chi connectivity index (χ1v) is 9.57. The third kappa shape index (κ3) is 4.31. The van der Waals surface area contributed by atoms with E-state index in [1.807, 2.05) is 13.8 Å². The van der Waals surface area contributed by atoms with Gasteiger partial charge in [-0.3, -0.25) is 0 Å². The fourth-order valence-electron chi connectivity index (χ4n) is 2.13. The maximum Gasteiger partial charge on any atom is 0.244 e. The molecule has 1 aliphatic rings. The minimum atomic E-state index is -3.53. The Morgan fingerprint density at radius 1 is 1.43 bits per heavy atom. The molecule has 0 saturated heterocycles. The third-order valence-electron chi connectivity index (χ3n) is 4.02. The standard InChI is InChI=1S/C14H23BrN2O3S/c1-4-14(5-6-14)9-17-21(18,19)12-7-11(20-13(12)15)8-16-10(2)3/h7,10,16-17H,4-6,8-9H2,1-3H3. The Balaban J connectivity index is 2.05. The molecule has 1 aromatic rings. The van der Waals surface area contributed by atoms with Crippen molar-refractivity contribution in [1.82, 2.24) is 10.0 Å². The molecule has 0 aliphatic heterocycles. The van der Waals surface area contributed by atoms with Crippen molar-refractivity contribution in [3.8, 4) is 0 Å². The van der Waals surface area contributed by atoms with Crippen LogP contribution in [-0.2, 0) is 16.6 Å². The molecule has 0 radical (unpaired) electrons. The summed E-state index contributed by atoms with van der Waals surface area (Å²) in [5, 5.41) is 3.20. The maximum absolute atomic E-state index is 12.4. The minimum Gasteiger partial charge on any atom is -0.452 e. The number of nitrogens with one attached hydrogen (secondary N) is 2. The molecule has 5 nitrogen and oxygen atoms in total. The van der Waals surface area contributed by atoms with Gasteiger partial charge in [0.1, 0.15) is 10.7 Å². The van der Waals surface area contributed by atoms with Crippen LogP contribution in [0.25, 0.3) is 0 Å². The highest BCUT2D eigenvalue weighted by molar-refractivity contribution is 9.10. The fourth-order valence-corrected chi connectivity index (χ4v) is 4.28. The average Bonchev–Trinajstić information content (AvgIpc) is 3.10. The molecule has 0 amide bonds. The topological polar surface area (TPSA) is 71.3 Å². The van der Waals surface area contributed by atoms with Crippen LogP contribution in [0.1, 0.15) is 45.8 Å². The Hall–Kier alpha value is -0.370. The number of furan rings is 1. The molecule has 0 aromatic carbocycles. The summed E-state index contributed by atoms with van der Waals surface area (Å²) in [4.78, 5) is 0.176. The van der Waals surface area contributed by atoms with Gasteiger partial charge in [0.25, 0.3) is 0 Å². The Kier molecular flexibility index (Phi) is 5.18. The summed E-state index contributed by atoms with van der Waals surface area (Å²) in [6, 6.07) is 1.89. The van der Waals surface area contributed by atoms with Gasteiger partial charge >= 0.3 is 0 Å². The second-order valence-electron chi connectivity index (χ2n) is 6.06. The third-order valence-corrected chi connectivity index (χ3v) is 6.28. The van der Waals surface area contributed by atoms with Crippen molar-refractivity contribution < 1.29 is 12.8 Å². The van der Waals surface area contributed by atoms with Gasteiger partial charge in [-0.2, -0.15) is 0 Å². The van der Waals surface area contributed by atoms with E-state index in [-0.39, 0.29) is 15.0 Å². The number of rotatable bonds is 8. The molecular weight excluding hydrogens is 356 g/mol. The van der Waals surface area contributed by atoms with E-state index >= 15 is 0 Å². The first kappa shape index (κ1) is 17.0. The summed E-state index contributed by atoms with van der Waals surface area (Å²) in [5.74, 6) is 0.604. The van der Waals surface area contributed by atoms with Gasteiger partial charge in [0.05, 0.1) is 6.54 Å². The van der Waals surface area contributed by atoms with Crippen LogP contribution in [0.2, 0.25) is 0 Å². The van der Waals surface area contributed by atoms with Crippen LogP contribution in [-0.4, -0.2) is 21.0 Å². The zero-order chi connectivity index (χ0) is 15.7. The highest BCUT2D eigenvalue weighted by atomic mass is 79.9. The van der Waals surface area contributed by atoms with E-state index < -0.39 is 10.0 Å². The number of halogens is 1. The lowest BCUT2D eigenvalue weighted by atomic mass is 10.1. The molecule has 1 saturated carbocycles. The van der Waals surface area contributed by atoms with Crippen LogP contribution < -0.4 is 10.0 Å². The molecule has 7 heteroatoms. The van der Waals surface area contributed by atoms with Gasteiger partial charge in [-0.05, 0) is 40.6 Å². The van der Waals surface area contributed by atoms with E-state index in [1.54, 1.807) is 6.07 Å². The van der Waals surface area contributed by atoms with Crippen molar-refractivity contribution >= 4 is 26.0 Å². The Labute approximate surface area is 135 Å². The lowest BCUT2D eigenvalue weighted by Gasteiger charge is -2.13. The van der Waals surface area contributed by atoms with E-state index in [4.69, 9.17) is 4.42 Å². The SMILES string of the molecule is CCC1(CNS(=O)(=O)c2cc(CNC(C)C)oc2Br)CC1. The Morgan fingerprint density at radius 3 is 2.62 bits per heavy atom. The first-order chi connectivity index (χ1) is 9.78. The molecule has 1 aromatic heterocycles. The highest BCUT2D eigenvalue weighted by Gasteiger charge is 2.41. The van der Waals surface area contributed by atoms with Crippen LogP contribution in [0.3, 0.4) is 0 Å². The lowest BCUT2D eigenvalue weighted by Crippen LogP contribution is -2.30. The van der Waals surface area contributed by atoms with Gasteiger partial charge in [-0.25, -0.2) is 13.1 Å². The number of hydrogen-bond donors (Lipinski definition) is 2. The zero-order valence-electron chi connectivity index (χ0n) is 12.7. The van der Waals surface area contributed by atoms with Crippen molar-refractivity contribution in [3.05, 3.63) is 16.5 Å². The molecule has 0 unspecified atom stereocenters. The van der Waals surface area contributed by atoms with Crippen LogP contribution in [0.15, 0.2) is 20.0 Å². The summed E-state index contributed by atoms with van der Waals surface area (Å²) in [6.45, 7) is 7.16. The van der Waals surface area contributed by atoms with E-state index in [1.165, 1.54) is 0 Å². The highest BCUT2D eigenvalue weighted by Crippen LogP contribution is 2.48. The number of sulfonamides is 1. The predicted molar refractivity (Wildman–Crippen MR) is 85.5 cm³/mol. The molecule has 1 fully saturated rings. The van der Waals surface area contributed by atoms with Gasteiger partial charge in [0.2, 0.25) is 10.0 Å². The average molecular weight is 379 g/mol. The zero-order valence-corrected chi connectivity index (χ0v) is 15.1. The molecule has 0 spiro atoms. The number of hydrogen-bond acceptors (Lipinski definition) is 4. The molecule has 2 N–H and O–H groups in total. The van der Waals surface area contributed by atoms with Crippen molar-refractivity contribution in [3.63, 3.8) is 0 Å². The Morgan fingerprint density at radius 2 is 2.10 bits per heavy atom. The van der Waals surface area contributed by atoms with Gasteiger partial charge in [0.15, 0.2) is 4.67 Å². The molecule has 0 atom stereocenters. The quantitative estimate of drug-likeness (QED) is 0.729. The van der Waals surface area contributed by atoms with Gasteiger partial charge in [0, 0.05) is 18.7 Å². The molecule has 21 heavy (non-hydrogen) atoms. The van der Waals surface area contributed by atoms with Crippen molar-refractivity contribution in [2.45, 2.75) is 57.5 Å². The summed E-state index contributed by atoms with van der Waals surface area (Å²) >= 11 is 3.20. The van der Waals surface area contributed by atoms with Crippen LogP contribution in [0.4, 0.5) is 0 Å². The molecular formula is C14H23BrN2O3S. The van der Waals surface area contributed by atoms with Crippen LogP contribution >= 0.6 is 15.9 Å². The summed E-state index contributed by atoms with van der Waals surface area (Å²) in [7, 11) is -3.53. The van der Waals surface area contributed by atoms with E-state index in [0.717, 1.165) is 19.3 Å². The van der Waals surface area contributed by atoms with Crippen LogP contribution in [0, 0.1) is 5.41 Å². The van der Waals surface area contributed by atoms with Crippen molar-refractivity contribution in [2.75, 3.05) is 6.54 Å². The van der Waals surface area contributed by atoms with E-state index in [0.29, 0.717) is 24.9 Å². The van der Waals surface area contributed by atoms with Gasteiger partial charge in [-0.15, -0.1) is 0 Å². The van der Waals surface area contributed by atoms with E-state index in [2.05, 4.69) is 32.9 Å². The van der Waals surface area contributed by atoms with Crippen LogP contribution in [0.5, 0.6) is 0 Å². The normalized spacial score (nSPS) is 17.4. The summed E-state index contributed by atoms with van der Waals surface area (Å²) in [6.07, 6.45) is 3.20. The molecule has 1 heterocycles. The smallest absolute Gasteiger partial charge is 0.244 e. The predicted octanol–water partition coefficient (Wildman–Crippen LogP) is 3.01. The monoisotopic (exact) mass is 378 g/mol. The summed E-state index contributed by atoms with van der Waals surface area (Å²) < 4.78 is 33.2. The van der Waals surface area contributed by atoms with Crippen molar-refractivity contribution in [2.24, 2.45) is 5.41 Å². The molecule has 0 bridgehead atoms. The summed E-state index contributed by atoms with van der Waals surface area (Å²) in [5.41, 5.74) is 0.172. The minimum absolute atomic E-state index is 0.172. The lowest BCUT2D eigenvalue weighted by molar-refractivity contribution is 0.446. The molecule has 1 aliphatic carbocycles. The first-order valence-electron chi connectivity index (χ1n) is 7.29. The second kappa shape index (κ2) is 6.40. The van der Waals surface area contributed by atoms with Gasteiger partial charge in [-0.1, -0.05) is 20.8 Å². The fraction of sp³-hybridized carbons (Fsp3) is 0.714. The van der Waals surface area contributed by atoms with Gasteiger partial charge < -0.3 is 9.73 Å². The van der Waals surface area contributed by atoms with E-state index in [9.17, 15) is 8.42 Å².